The maximum absolute atomic E-state index is 5.91. The number of thiocarbonyl (C=S) groups is 1. The van der Waals surface area contributed by atoms with Crippen molar-refractivity contribution in [2.75, 3.05) is 13.1 Å². The van der Waals surface area contributed by atoms with E-state index in [2.05, 4.69) is 41.7 Å². The molecule has 3 aliphatic rings. The van der Waals surface area contributed by atoms with Crippen LogP contribution in [-0.4, -0.2) is 40.7 Å². The first-order valence-electron chi connectivity index (χ1n) is 10.2. The van der Waals surface area contributed by atoms with Gasteiger partial charge in [-0.1, -0.05) is 54.2 Å². The lowest BCUT2D eigenvalue weighted by atomic mass is 9.86. The van der Waals surface area contributed by atoms with E-state index >= 15 is 0 Å². The van der Waals surface area contributed by atoms with Crippen LogP contribution in [-0.2, 0) is 9.68 Å². The molecular formula is C21H29N3O2S. The number of nitrogens with one attached hydrogen (secondary N) is 1. The van der Waals surface area contributed by atoms with E-state index < -0.39 is 0 Å². The molecule has 1 saturated carbocycles. The van der Waals surface area contributed by atoms with Crippen molar-refractivity contribution in [1.29, 1.82) is 0 Å². The average Bonchev–Trinajstić information content (AvgIpc) is 3.09. The molecule has 146 valence electrons. The highest BCUT2D eigenvalue weighted by Crippen LogP contribution is 2.36. The van der Waals surface area contributed by atoms with Crippen molar-refractivity contribution in [3.8, 4) is 0 Å². The molecule has 1 aromatic rings. The van der Waals surface area contributed by atoms with Crippen molar-refractivity contribution in [2.24, 2.45) is 5.16 Å². The van der Waals surface area contributed by atoms with Crippen LogP contribution in [0.15, 0.2) is 29.4 Å². The number of hydrogen-bond donors (Lipinski definition) is 1. The van der Waals surface area contributed by atoms with Gasteiger partial charge in [0.2, 0.25) is 0 Å². The maximum Gasteiger partial charge on any atom is 0.278 e. The van der Waals surface area contributed by atoms with Crippen molar-refractivity contribution in [1.82, 2.24) is 10.4 Å². The normalized spacial score (nSPS) is 22.9. The number of piperidine rings is 1. The van der Waals surface area contributed by atoms with Crippen LogP contribution in [0.4, 0.5) is 0 Å². The molecule has 2 fully saturated rings. The van der Waals surface area contributed by atoms with Gasteiger partial charge in [0.05, 0.1) is 5.71 Å². The van der Waals surface area contributed by atoms with E-state index in [1.165, 1.54) is 37.7 Å². The molecule has 1 aliphatic carbocycles. The fourth-order valence-corrected chi connectivity index (χ4v) is 4.50. The molecule has 0 amide bonds. The number of hydrogen-bond acceptors (Lipinski definition) is 5. The Morgan fingerprint density at radius 3 is 2.59 bits per heavy atom. The van der Waals surface area contributed by atoms with E-state index in [1.54, 1.807) is 0 Å². The highest BCUT2D eigenvalue weighted by atomic mass is 32.1. The molecule has 0 aromatic heterocycles. The highest BCUT2D eigenvalue weighted by molar-refractivity contribution is 7.80. The van der Waals surface area contributed by atoms with E-state index in [-0.39, 0.29) is 5.60 Å². The fourth-order valence-electron chi connectivity index (χ4n) is 4.23. The molecule has 2 aliphatic heterocycles. The summed E-state index contributed by atoms with van der Waals surface area (Å²) in [5, 5.41) is 10.3. The summed E-state index contributed by atoms with van der Waals surface area (Å²) in [4.78, 5) is 11.8. The zero-order chi connectivity index (χ0) is 18.7. The van der Waals surface area contributed by atoms with Crippen LogP contribution in [0.1, 0.15) is 62.5 Å². The van der Waals surface area contributed by atoms with Crippen molar-refractivity contribution >= 4 is 23.1 Å². The van der Waals surface area contributed by atoms with Crippen LogP contribution < -0.4 is 5.32 Å². The quantitative estimate of drug-likeness (QED) is 0.792. The third-order valence-corrected chi connectivity index (χ3v) is 6.19. The van der Waals surface area contributed by atoms with Crippen LogP contribution in [0, 0.1) is 6.92 Å². The summed E-state index contributed by atoms with van der Waals surface area (Å²) in [6.07, 6.45) is 8.97. The van der Waals surface area contributed by atoms with Gasteiger partial charge in [-0.3, -0.25) is 0 Å². The third kappa shape index (κ3) is 4.61. The summed E-state index contributed by atoms with van der Waals surface area (Å²) in [7, 11) is 0. The van der Waals surface area contributed by atoms with Gasteiger partial charge in [-0.15, -0.1) is 5.06 Å². The van der Waals surface area contributed by atoms with Gasteiger partial charge in [0.15, 0.2) is 0 Å². The van der Waals surface area contributed by atoms with Gasteiger partial charge in [-0.05, 0) is 37.5 Å². The Morgan fingerprint density at radius 1 is 1.19 bits per heavy atom. The van der Waals surface area contributed by atoms with E-state index in [0.717, 1.165) is 43.6 Å². The first-order valence-corrected chi connectivity index (χ1v) is 10.6. The number of benzene rings is 1. The predicted octanol–water partition coefficient (Wildman–Crippen LogP) is 4.09. The molecule has 0 atom stereocenters. The van der Waals surface area contributed by atoms with Gasteiger partial charge in [-0.25, -0.2) is 0 Å². The molecule has 0 radical (unpaired) electrons. The van der Waals surface area contributed by atoms with Gasteiger partial charge >= 0.3 is 0 Å². The summed E-state index contributed by atoms with van der Waals surface area (Å²) < 4.78 is 0. The van der Waals surface area contributed by atoms with Crippen LogP contribution in [0.25, 0.3) is 0 Å². The van der Waals surface area contributed by atoms with Crippen LogP contribution in [0.3, 0.4) is 0 Å². The Bertz CT molecular complexity index is 690. The van der Waals surface area contributed by atoms with Crippen molar-refractivity contribution in [3.05, 3.63) is 35.4 Å². The fraction of sp³-hybridized carbons (Fsp3) is 0.619. The molecule has 27 heavy (non-hydrogen) atoms. The van der Waals surface area contributed by atoms with Gasteiger partial charge in [0.25, 0.3) is 5.17 Å². The molecule has 0 unspecified atom stereocenters. The van der Waals surface area contributed by atoms with Gasteiger partial charge in [0, 0.05) is 38.4 Å². The Kier molecular flexibility index (Phi) is 5.64. The minimum absolute atomic E-state index is 0.182. The second-order valence-corrected chi connectivity index (χ2v) is 8.51. The van der Waals surface area contributed by atoms with Crippen LogP contribution in [0.2, 0.25) is 0 Å². The van der Waals surface area contributed by atoms with Crippen LogP contribution in [0.5, 0.6) is 0 Å². The summed E-state index contributed by atoms with van der Waals surface area (Å²) >= 11 is 5.41. The summed E-state index contributed by atoms with van der Waals surface area (Å²) in [6.45, 7) is 3.72. The van der Waals surface area contributed by atoms with Crippen molar-refractivity contribution in [3.63, 3.8) is 0 Å². The lowest BCUT2D eigenvalue weighted by molar-refractivity contribution is -0.145. The van der Waals surface area contributed by atoms with E-state index in [1.807, 2.05) is 5.06 Å². The van der Waals surface area contributed by atoms with E-state index in [4.69, 9.17) is 21.9 Å². The molecular weight excluding hydrogens is 358 g/mol. The number of rotatable bonds is 3. The smallest absolute Gasteiger partial charge is 0.278 e. The number of nitrogens with zero attached hydrogens (tertiary/aromatic N) is 2. The largest absolute Gasteiger partial charge is 0.388 e. The summed E-state index contributed by atoms with van der Waals surface area (Å²) in [6, 6.07) is 8.99. The van der Waals surface area contributed by atoms with Gasteiger partial charge < -0.3 is 15.0 Å². The predicted molar refractivity (Wildman–Crippen MR) is 111 cm³/mol. The summed E-state index contributed by atoms with van der Waals surface area (Å²) in [5.41, 5.74) is 3.29. The van der Waals surface area contributed by atoms with E-state index in [9.17, 15) is 0 Å². The molecule has 1 spiro atoms. The first-order chi connectivity index (χ1) is 13.1. The third-order valence-electron chi connectivity index (χ3n) is 6.00. The molecule has 5 nitrogen and oxygen atoms in total. The second-order valence-electron chi connectivity index (χ2n) is 8.14. The molecule has 1 saturated heterocycles. The first kappa shape index (κ1) is 18.7. The molecule has 6 heteroatoms. The topological polar surface area (TPSA) is 46.1 Å². The monoisotopic (exact) mass is 387 g/mol. The molecule has 2 heterocycles. The zero-order valence-corrected chi connectivity index (χ0v) is 16.9. The molecule has 4 rings (SSSR count). The maximum atomic E-state index is 5.91. The van der Waals surface area contributed by atoms with Crippen molar-refractivity contribution in [2.45, 2.75) is 69.9 Å². The number of aryl methyl sites for hydroxylation is 1. The molecule has 0 bridgehead atoms. The summed E-state index contributed by atoms with van der Waals surface area (Å²) in [5.74, 6) is 0. The highest BCUT2D eigenvalue weighted by Gasteiger charge is 2.43. The minimum Gasteiger partial charge on any atom is -0.388 e. The van der Waals surface area contributed by atoms with Gasteiger partial charge in [-0.2, -0.15) is 0 Å². The Balaban J connectivity index is 1.24. The van der Waals surface area contributed by atoms with Crippen molar-refractivity contribution < 1.29 is 9.68 Å². The molecule has 1 N–H and O–H groups in total. The molecule has 1 aromatic carbocycles. The zero-order valence-electron chi connectivity index (χ0n) is 16.1. The number of oxime groups is 1. The minimum atomic E-state index is -0.182. The van der Waals surface area contributed by atoms with Gasteiger partial charge in [0.1, 0.15) is 5.60 Å². The average molecular weight is 388 g/mol. The van der Waals surface area contributed by atoms with E-state index in [0.29, 0.717) is 11.2 Å². The lowest BCUT2D eigenvalue weighted by Crippen LogP contribution is -2.47. The standard InChI is InChI=1S/C21H29N3O2S/c1-16-7-9-17(10-8-16)19-15-21(26-23-19)11-13-24(14-12-21)25-20(27)22-18-5-3-2-4-6-18/h7-10,18H,2-6,11-15H2,1H3,(H,22,27). The Morgan fingerprint density at radius 2 is 1.89 bits per heavy atom. The van der Waals surface area contributed by atoms with Crippen LogP contribution >= 0.6 is 12.2 Å². The lowest BCUT2D eigenvalue weighted by Gasteiger charge is -2.36. The Labute approximate surface area is 167 Å². The SMILES string of the molecule is Cc1ccc(C2=NOC3(CCN(OC(=S)NC4CCCCC4)CC3)C2)cc1. The Hall–Kier alpha value is -1.66. The second kappa shape index (κ2) is 8.15. The number of hydroxylamine groups is 2.